The number of hydrogen-bond acceptors (Lipinski definition) is 10. The van der Waals surface area contributed by atoms with Gasteiger partial charge in [0.2, 0.25) is 0 Å². The molecule has 1 heterocycles. The third-order valence-corrected chi connectivity index (χ3v) is 9.46. The summed E-state index contributed by atoms with van der Waals surface area (Å²) in [5, 5.41) is 26.6. The summed E-state index contributed by atoms with van der Waals surface area (Å²) in [6.45, 7) is 21.6. The van der Waals surface area contributed by atoms with Gasteiger partial charge in [-0.15, -0.1) is 0 Å². The topological polar surface area (TPSA) is 181 Å². The van der Waals surface area contributed by atoms with Crippen LogP contribution in [0.5, 0.6) is 0 Å². The number of ether oxygens (including phenoxy) is 1. The molecule has 0 radical (unpaired) electrons. The van der Waals surface area contributed by atoms with Crippen LogP contribution in [0.25, 0.3) is 11.1 Å². The fourth-order valence-corrected chi connectivity index (χ4v) is 6.34. The molecule has 4 unspecified atom stereocenters. The molecule has 1 aliphatic heterocycles. The highest BCUT2D eigenvalue weighted by molar-refractivity contribution is 5.64. The van der Waals surface area contributed by atoms with E-state index in [0.29, 0.717) is 12.0 Å². The van der Waals surface area contributed by atoms with Crippen LogP contribution >= 0.6 is 0 Å². The Hall–Kier alpha value is -2.70. The molecular formula is C41H79N5O5. The van der Waals surface area contributed by atoms with Crippen LogP contribution in [-0.4, -0.2) is 80.1 Å². The Labute approximate surface area is 312 Å². The molecule has 1 aliphatic carbocycles. The van der Waals surface area contributed by atoms with Crippen molar-refractivity contribution >= 4 is 12.7 Å². The van der Waals surface area contributed by atoms with E-state index in [1.165, 1.54) is 46.0 Å². The van der Waals surface area contributed by atoms with Crippen molar-refractivity contribution in [1.29, 1.82) is 5.41 Å². The Morgan fingerprint density at radius 2 is 1.51 bits per heavy atom. The Bertz CT molecular complexity index is 1110. The standard InChI is InChI=1S/C20H23NO4.C12H25N.C2H5NO.2C2H6.2CH5N.CH4/c1-14-5-7-16(8-6-14)17-4-2-3-15(9-17)10-21-19(12-23)18(11-22)20(13-24)25-21;1-6-10-9(2)7-8-12(5,13)11(10,3)4;1-4-2-3;4*1-2;/h2-9,12,18-20,22,24H,10-11,13H2,1H3;9-10H,6-8,13H2,1-5H3;2-3H,1H3;2*1-2H3;2*2H2,1H3;1H4/t18?,19-,20?;9?,10?,12-;;;;;;/m10....../s1. The van der Waals surface area contributed by atoms with E-state index in [1.54, 1.807) is 5.06 Å². The minimum absolute atomic E-state index is 0. The zero-order valence-corrected chi connectivity index (χ0v) is 33.7. The molecule has 298 valence electrons. The van der Waals surface area contributed by atoms with Gasteiger partial charge in [-0.05, 0) is 80.8 Å². The van der Waals surface area contributed by atoms with Gasteiger partial charge in [0, 0.05) is 18.0 Å². The Morgan fingerprint density at radius 1 is 0.980 bits per heavy atom. The van der Waals surface area contributed by atoms with Crippen LogP contribution in [-0.2, 0) is 20.9 Å². The highest BCUT2D eigenvalue weighted by Crippen LogP contribution is 2.50. The number of hydrogen-bond donors (Lipinski definition) is 6. The molecular weight excluding hydrogens is 642 g/mol. The highest BCUT2D eigenvalue weighted by Gasteiger charge is 2.48. The summed E-state index contributed by atoms with van der Waals surface area (Å²) in [5.74, 6) is 1.22. The smallest absolute Gasteiger partial charge is 0.166 e. The number of carbonyl (C=O) groups is 1. The second-order valence-corrected chi connectivity index (χ2v) is 12.5. The number of nitrogens with one attached hydrogen (secondary N) is 1. The van der Waals surface area contributed by atoms with Crippen molar-refractivity contribution in [1.82, 2.24) is 5.06 Å². The molecule has 0 amide bonds. The van der Waals surface area contributed by atoms with E-state index in [9.17, 15) is 15.0 Å². The van der Waals surface area contributed by atoms with Crippen molar-refractivity contribution < 1.29 is 24.6 Å². The number of aliphatic hydroxyl groups excluding tert-OH is 2. The van der Waals surface area contributed by atoms with Gasteiger partial charge in [-0.1, -0.05) is 117 Å². The zero-order chi connectivity index (χ0) is 39.5. The minimum atomic E-state index is -0.565. The predicted octanol–water partition coefficient (Wildman–Crippen LogP) is 7.21. The van der Waals surface area contributed by atoms with Gasteiger partial charge in [0.25, 0.3) is 0 Å². The quantitative estimate of drug-likeness (QED) is 0.0932. The summed E-state index contributed by atoms with van der Waals surface area (Å²) in [6, 6.07) is 15.8. The largest absolute Gasteiger partial charge is 0.487 e. The van der Waals surface area contributed by atoms with E-state index < -0.39 is 18.1 Å². The lowest BCUT2D eigenvalue weighted by atomic mass is 9.55. The Morgan fingerprint density at radius 3 is 1.92 bits per heavy atom. The van der Waals surface area contributed by atoms with Crippen molar-refractivity contribution in [2.75, 3.05) is 34.4 Å². The maximum atomic E-state index is 11.4. The number of nitrogens with two attached hydrogens (primary N) is 3. The lowest BCUT2D eigenvalue weighted by Crippen LogP contribution is -2.57. The third-order valence-electron chi connectivity index (χ3n) is 9.46. The first-order chi connectivity index (χ1) is 23.9. The summed E-state index contributed by atoms with van der Waals surface area (Å²) in [7, 11) is 4.44. The Balaban J connectivity index is -0.000000359. The van der Waals surface area contributed by atoms with Gasteiger partial charge in [0.05, 0.1) is 26.4 Å². The van der Waals surface area contributed by atoms with Crippen LogP contribution in [0.2, 0.25) is 0 Å². The molecule has 2 aliphatic rings. The summed E-state index contributed by atoms with van der Waals surface area (Å²) in [5.41, 5.74) is 20.1. The Kier molecular flexibility index (Phi) is 33.3. The SMILES string of the molecule is C.CC.CC.CCC1C(C)CC[C@](C)(N)C1(C)C.CN.CN.COC=N.Cc1ccc(-c2cccc(CN3OC(CO)C(CO)[C@H]3C=O)c2)cc1. The first kappa shape index (κ1) is 55.1. The zero-order valence-electron chi connectivity index (χ0n) is 33.7. The van der Waals surface area contributed by atoms with Crippen molar-refractivity contribution in [2.24, 2.45) is 40.4 Å². The number of aliphatic hydroxyl groups is 2. The van der Waals surface area contributed by atoms with Crippen molar-refractivity contribution in [3.8, 4) is 11.1 Å². The van der Waals surface area contributed by atoms with E-state index in [-0.39, 0.29) is 26.2 Å². The van der Waals surface area contributed by atoms with E-state index in [0.717, 1.165) is 41.2 Å². The molecule has 9 N–H and O–H groups in total. The molecule has 0 aromatic heterocycles. The number of benzene rings is 2. The molecule has 1 saturated heterocycles. The van der Waals surface area contributed by atoms with E-state index in [2.05, 4.69) is 88.1 Å². The molecule has 0 bridgehead atoms. The molecule has 10 heteroatoms. The molecule has 6 atom stereocenters. The second-order valence-electron chi connectivity index (χ2n) is 12.5. The fraction of sp³-hybridized carbons (Fsp3) is 0.659. The van der Waals surface area contributed by atoms with E-state index >= 15 is 0 Å². The summed E-state index contributed by atoms with van der Waals surface area (Å²) >= 11 is 0. The predicted molar refractivity (Wildman–Crippen MR) is 219 cm³/mol. The first-order valence-corrected chi connectivity index (χ1v) is 18.1. The summed E-state index contributed by atoms with van der Waals surface area (Å²) < 4.78 is 4.08. The van der Waals surface area contributed by atoms with Crippen molar-refractivity contribution in [3.63, 3.8) is 0 Å². The van der Waals surface area contributed by atoms with Gasteiger partial charge < -0.3 is 36.9 Å². The van der Waals surface area contributed by atoms with Crippen LogP contribution < -0.4 is 17.2 Å². The second kappa shape index (κ2) is 30.9. The number of rotatable bonds is 8. The average molecular weight is 722 g/mol. The van der Waals surface area contributed by atoms with Crippen LogP contribution in [0, 0.1) is 35.5 Å². The van der Waals surface area contributed by atoms with Gasteiger partial charge in [0.1, 0.15) is 12.4 Å². The van der Waals surface area contributed by atoms with Crippen LogP contribution in [0.15, 0.2) is 48.5 Å². The lowest BCUT2D eigenvalue weighted by Gasteiger charge is -2.53. The molecule has 0 spiro atoms. The maximum Gasteiger partial charge on any atom is 0.166 e. The van der Waals surface area contributed by atoms with Gasteiger partial charge in [-0.2, -0.15) is 5.06 Å². The van der Waals surface area contributed by atoms with Crippen LogP contribution in [0.4, 0.5) is 0 Å². The molecule has 1 saturated carbocycles. The van der Waals surface area contributed by atoms with Crippen molar-refractivity contribution in [2.45, 2.75) is 120 Å². The molecule has 2 aromatic carbocycles. The number of hydroxylamine groups is 2. The van der Waals surface area contributed by atoms with Crippen molar-refractivity contribution in [3.05, 3.63) is 59.7 Å². The molecule has 4 rings (SSSR count). The fourth-order valence-electron chi connectivity index (χ4n) is 6.34. The van der Waals surface area contributed by atoms with Gasteiger partial charge in [0.15, 0.2) is 6.40 Å². The van der Waals surface area contributed by atoms with Crippen LogP contribution in [0.1, 0.15) is 100 Å². The van der Waals surface area contributed by atoms with Crippen LogP contribution in [0.3, 0.4) is 0 Å². The highest BCUT2D eigenvalue weighted by atomic mass is 16.7. The first-order valence-electron chi connectivity index (χ1n) is 18.1. The number of nitrogens with zero attached hydrogens (tertiary/aromatic N) is 1. The van der Waals surface area contributed by atoms with Gasteiger partial charge in [-0.25, -0.2) is 0 Å². The number of aldehydes is 1. The maximum absolute atomic E-state index is 11.4. The summed E-state index contributed by atoms with van der Waals surface area (Å²) in [4.78, 5) is 17.1. The number of methoxy groups -OCH3 is 1. The minimum Gasteiger partial charge on any atom is -0.487 e. The van der Waals surface area contributed by atoms with Gasteiger partial charge >= 0.3 is 0 Å². The molecule has 10 nitrogen and oxygen atoms in total. The monoisotopic (exact) mass is 722 g/mol. The lowest BCUT2D eigenvalue weighted by molar-refractivity contribution is -0.177. The molecule has 2 aromatic rings. The summed E-state index contributed by atoms with van der Waals surface area (Å²) in [6.07, 6.45) is 4.84. The molecule has 51 heavy (non-hydrogen) atoms. The van der Waals surface area contributed by atoms with E-state index in [4.69, 9.17) is 16.0 Å². The molecule has 2 fully saturated rings. The average Bonchev–Trinajstić information content (AvgIpc) is 3.50. The third kappa shape index (κ3) is 17.1. The van der Waals surface area contributed by atoms with E-state index in [1.807, 2.05) is 45.9 Å². The number of aryl methyl sites for hydroxylation is 1. The van der Waals surface area contributed by atoms with Gasteiger partial charge in [-0.3, -0.25) is 10.2 Å². The normalized spacial score (nSPS) is 23.9. The number of carbonyl (C=O) groups excluding carboxylic acids is 1.